The average Bonchev–Trinajstić information content (AvgIpc) is 2.27. The van der Waals surface area contributed by atoms with Crippen molar-refractivity contribution in [2.45, 2.75) is 6.10 Å². The molecule has 0 aliphatic carbocycles. The Morgan fingerprint density at radius 3 is 2.40 bits per heavy atom. The highest BCUT2D eigenvalue weighted by molar-refractivity contribution is 9.10. The van der Waals surface area contributed by atoms with Gasteiger partial charge in [-0.1, -0.05) is 6.07 Å². The van der Waals surface area contributed by atoms with E-state index in [1.165, 1.54) is 7.11 Å². The van der Waals surface area contributed by atoms with Gasteiger partial charge in [0.15, 0.2) is 11.5 Å². The molecule has 1 atom stereocenters. The molecule has 0 amide bonds. The second-order valence-corrected chi connectivity index (χ2v) is 3.81. The fourth-order valence-corrected chi connectivity index (χ4v) is 1.82. The summed E-state index contributed by atoms with van der Waals surface area (Å²) in [5.74, 6) is 1.06. The predicted molar refractivity (Wildman–Crippen MR) is 61.3 cm³/mol. The molecule has 0 fully saturated rings. The highest BCUT2D eigenvalue weighted by Crippen LogP contribution is 2.40. The van der Waals surface area contributed by atoms with Gasteiger partial charge in [0.05, 0.1) is 24.8 Å². The van der Waals surface area contributed by atoms with E-state index in [0.717, 1.165) is 4.47 Å². The molecule has 84 valence electrons. The third-order valence-electron chi connectivity index (χ3n) is 2.09. The molecule has 0 aromatic heterocycles. The molecule has 4 nitrogen and oxygen atoms in total. The van der Waals surface area contributed by atoms with E-state index >= 15 is 0 Å². The van der Waals surface area contributed by atoms with E-state index < -0.39 is 6.10 Å². The van der Waals surface area contributed by atoms with Crippen LogP contribution >= 0.6 is 15.9 Å². The molecule has 1 rings (SSSR count). The first-order valence-electron chi connectivity index (χ1n) is 4.44. The lowest BCUT2D eigenvalue weighted by molar-refractivity contribution is 0.181. The van der Waals surface area contributed by atoms with Crippen molar-refractivity contribution in [2.24, 2.45) is 5.73 Å². The average molecular weight is 276 g/mol. The molecule has 0 saturated heterocycles. The number of hydrogen-bond donors (Lipinski definition) is 2. The summed E-state index contributed by atoms with van der Waals surface area (Å²) in [5, 5.41) is 9.68. The van der Waals surface area contributed by atoms with Gasteiger partial charge in [-0.05, 0) is 22.0 Å². The summed E-state index contributed by atoms with van der Waals surface area (Å²) in [6.45, 7) is 0.140. The Labute approximate surface area is 97.1 Å². The maximum absolute atomic E-state index is 9.68. The third-order valence-corrected chi connectivity index (χ3v) is 2.71. The lowest BCUT2D eigenvalue weighted by atomic mass is 10.1. The summed E-state index contributed by atoms with van der Waals surface area (Å²) in [5.41, 5.74) is 6.02. The van der Waals surface area contributed by atoms with E-state index in [1.807, 2.05) is 0 Å². The van der Waals surface area contributed by atoms with Crippen molar-refractivity contribution in [3.63, 3.8) is 0 Å². The molecule has 15 heavy (non-hydrogen) atoms. The Balaban J connectivity index is 3.28. The van der Waals surface area contributed by atoms with Crippen molar-refractivity contribution >= 4 is 15.9 Å². The molecular weight excluding hydrogens is 262 g/mol. The lowest BCUT2D eigenvalue weighted by Crippen LogP contribution is -2.13. The number of hydrogen-bond acceptors (Lipinski definition) is 4. The number of nitrogens with two attached hydrogens (primary N) is 1. The Morgan fingerprint density at radius 2 is 1.93 bits per heavy atom. The minimum atomic E-state index is -0.748. The van der Waals surface area contributed by atoms with Gasteiger partial charge in [-0.15, -0.1) is 0 Å². The Bertz CT molecular complexity index is 344. The topological polar surface area (TPSA) is 64.7 Å². The van der Waals surface area contributed by atoms with Crippen molar-refractivity contribution in [3.05, 3.63) is 22.2 Å². The minimum absolute atomic E-state index is 0.140. The van der Waals surface area contributed by atoms with Crippen molar-refractivity contribution < 1.29 is 14.6 Å². The quantitative estimate of drug-likeness (QED) is 0.873. The van der Waals surface area contributed by atoms with Crippen LogP contribution in [-0.2, 0) is 0 Å². The number of benzene rings is 1. The van der Waals surface area contributed by atoms with Crippen LogP contribution in [0.4, 0.5) is 0 Å². The van der Waals surface area contributed by atoms with E-state index in [-0.39, 0.29) is 6.54 Å². The first-order chi connectivity index (χ1) is 7.15. The third kappa shape index (κ3) is 2.42. The van der Waals surface area contributed by atoms with Crippen LogP contribution in [0.15, 0.2) is 16.6 Å². The summed E-state index contributed by atoms with van der Waals surface area (Å²) in [7, 11) is 3.07. The lowest BCUT2D eigenvalue weighted by Gasteiger charge is -2.16. The van der Waals surface area contributed by atoms with Crippen LogP contribution in [0.5, 0.6) is 11.5 Å². The molecule has 0 saturated carbocycles. The summed E-state index contributed by atoms with van der Waals surface area (Å²) >= 11 is 3.34. The van der Waals surface area contributed by atoms with E-state index in [0.29, 0.717) is 17.1 Å². The molecule has 0 bridgehead atoms. The van der Waals surface area contributed by atoms with Gasteiger partial charge < -0.3 is 20.3 Å². The molecule has 5 heteroatoms. The Morgan fingerprint density at radius 1 is 1.33 bits per heavy atom. The van der Waals surface area contributed by atoms with Gasteiger partial charge in [0.25, 0.3) is 0 Å². The summed E-state index contributed by atoms with van der Waals surface area (Å²) < 4.78 is 11.2. The molecule has 0 radical (unpaired) electrons. The maximum atomic E-state index is 9.68. The van der Waals surface area contributed by atoms with Crippen LogP contribution in [0.2, 0.25) is 0 Å². The van der Waals surface area contributed by atoms with E-state index in [1.54, 1.807) is 19.2 Å². The number of aliphatic hydroxyl groups is 1. The van der Waals surface area contributed by atoms with Gasteiger partial charge in [-0.2, -0.15) is 0 Å². The predicted octanol–water partition coefficient (Wildman–Crippen LogP) is 1.46. The van der Waals surface area contributed by atoms with Crippen LogP contribution < -0.4 is 15.2 Å². The van der Waals surface area contributed by atoms with Crippen LogP contribution in [-0.4, -0.2) is 25.9 Å². The minimum Gasteiger partial charge on any atom is -0.492 e. The zero-order valence-electron chi connectivity index (χ0n) is 8.66. The van der Waals surface area contributed by atoms with Crippen LogP contribution in [0.25, 0.3) is 0 Å². The first kappa shape index (κ1) is 12.3. The van der Waals surface area contributed by atoms with Gasteiger partial charge in [-0.25, -0.2) is 0 Å². The highest BCUT2D eigenvalue weighted by Gasteiger charge is 2.18. The molecule has 0 aliphatic rings. The molecule has 3 N–H and O–H groups in total. The van der Waals surface area contributed by atoms with Gasteiger partial charge in [-0.3, -0.25) is 0 Å². The zero-order valence-corrected chi connectivity index (χ0v) is 10.2. The molecule has 1 unspecified atom stereocenters. The SMILES string of the molecule is COc1c(Br)ccc(C(O)CN)c1OC. The Kier molecular flexibility index (Phi) is 4.38. The number of aliphatic hydroxyl groups excluding tert-OH is 1. The van der Waals surface area contributed by atoms with Crippen LogP contribution in [0.1, 0.15) is 11.7 Å². The summed E-state index contributed by atoms with van der Waals surface area (Å²) in [6, 6.07) is 3.54. The van der Waals surface area contributed by atoms with Crippen molar-refractivity contribution in [2.75, 3.05) is 20.8 Å². The number of ether oxygens (including phenoxy) is 2. The van der Waals surface area contributed by atoms with E-state index in [2.05, 4.69) is 15.9 Å². The number of rotatable bonds is 4. The normalized spacial score (nSPS) is 12.3. The highest BCUT2D eigenvalue weighted by atomic mass is 79.9. The van der Waals surface area contributed by atoms with Crippen LogP contribution in [0, 0.1) is 0 Å². The molecule has 1 aromatic carbocycles. The summed E-state index contributed by atoms with van der Waals surface area (Å²) in [4.78, 5) is 0. The fraction of sp³-hybridized carbons (Fsp3) is 0.400. The van der Waals surface area contributed by atoms with Crippen molar-refractivity contribution in [1.29, 1.82) is 0 Å². The number of methoxy groups -OCH3 is 2. The molecule has 0 spiro atoms. The largest absolute Gasteiger partial charge is 0.492 e. The summed E-state index contributed by atoms with van der Waals surface area (Å²) in [6.07, 6.45) is -0.748. The standard InChI is InChI=1S/C10H14BrNO3/c1-14-9-6(8(13)5-12)3-4-7(11)10(9)15-2/h3-4,8,13H,5,12H2,1-2H3. The molecule has 0 aliphatic heterocycles. The van der Waals surface area contributed by atoms with Gasteiger partial charge in [0, 0.05) is 12.1 Å². The van der Waals surface area contributed by atoms with Crippen molar-refractivity contribution in [1.82, 2.24) is 0 Å². The second-order valence-electron chi connectivity index (χ2n) is 2.95. The maximum Gasteiger partial charge on any atom is 0.175 e. The zero-order chi connectivity index (χ0) is 11.4. The van der Waals surface area contributed by atoms with Crippen molar-refractivity contribution in [3.8, 4) is 11.5 Å². The number of halogens is 1. The second kappa shape index (κ2) is 5.34. The van der Waals surface area contributed by atoms with Gasteiger partial charge >= 0.3 is 0 Å². The molecule has 1 aromatic rings. The smallest absolute Gasteiger partial charge is 0.175 e. The van der Waals surface area contributed by atoms with E-state index in [4.69, 9.17) is 15.2 Å². The fourth-order valence-electron chi connectivity index (χ4n) is 1.34. The first-order valence-corrected chi connectivity index (χ1v) is 5.23. The monoisotopic (exact) mass is 275 g/mol. The van der Waals surface area contributed by atoms with E-state index in [9.17, 15) is 5.11 Å². The Hall–Kier alpha value is -0.780. The van der Waals surface area contributed by atoms with Gasteiger partial charge in [0.1, 0.15) is 0 Å². The molecular formula is C10H14BrNO3. The molecule has 0 heterocycles. The van der Waals surface area contributed by atoms with Crippen LogP contribution in [0.3, 0.4) is 0 Å². The van der Waals surface area contributed by atoms with Gasteiger partial charge in [0.2, 0.25) is 0 Å².